The van der Waals surface area contributed by atoms with Crippen LogP contribution in [0.2, 0.25) is 0 Å². The average Bonchev–Trinajstić information content (AvgIpc) is 3.10. The van der Waals surface area contributed by atoms with Crippen LogP contribution in [0.4, 0.5) is 0 Å². The molecule has 23 heavy (non-hydrogen) atoms. The summed E-state index contributed by atoms with van der Waals surface area (Å²) in [5.74, 6) is 0.137. The lowest BCUT2D eigenvalue weighted by Gasteiger charge is -2.33. The molecule has 1 amide bonds. The predicted octanol–water partition coefficient (Wildman–Crippen LogP) is 2.85. The summed E-state index contributed by atoms with van der Waals surface area (Å²) in [4.78, 5) is 22.9. The third-order valence-electron chi connectivity index (χ3n) is 4.14. The van der Waals surface area contributed by atoms with Gasteiger partial charge in [0.15, 0.2) is 0 Å². The maximum Gasteiger partial charge on any atom is 0.273 e. The van der Waals surface area contributed by atoms with Gasteiger partial charge in [0, 0.05) is 24.7 Å². The monoisotopic (exact) mass is 349 g/mol. The van der Waals surface area contributed by atoms with Gasteiger partial charge in [0.05, 0.1) is 11.8 Å². The summed E-state index contributed by atoms with van der Waals surface area (Å²) in [6, 6.07) is 5.57. The number of piperidine rings is 1. The number of carbonyl (C=O) groups excluding carboxylic acids is 1. The van der Waals surface area contributed by atoms with E-state index in [9.17, 15) is 9.90 Å². The molecule has 0 bridgehead atoms. The molecule has 122 valence electrons. The number of aliphatic hydroxyl groups excluding tert-OH is 1. The van der Waals surface area contributed by atoms with Crippen molar-refractivity contribution in [3.8, 4) is 0 Å². The van der Waals surface area contributed by atoms with Crippen LogP contribution in [0.1, 0.15) is 35.1 Å². The smallest absolute Gasteiger partial charge is 0.273 e. The van der Waals surface area contributed by atoms with E-state index >= 15 is 0 Å². The molecule has 1 aliphatic heterocycles. The summed E-state index contributed by atoms with van der Waals surface area (Å²) in [6.45, 7) is 1.30. The first-order valence-corrected chi connectivity index (χ1v) is 9.67. The fourth-order valence-electron chi connectivity index (χ4n) is 2.82. The van der Waals surface area contributed by atoms with E-state index in [0.717, 1.165) is 17.2 Å². The molecular weight excluding hydrogens is 330 g/mol. The second-order valence-corrected chi connectivity index (χ2v) is 7.44. The summed E-state index contributed by atoms with van der Waals surface area (Å²) in [6.07, 6.45) is 4.66. The number of aliphatic hydroxyl groups is 1. The molecule has 0 spiro atoms. The second-order valence-electron chi connectivity index (χ2n) is 5.53. The van der Waals surface area contributed by atoms with Crippen LogP contribution in [-0.4, -0.2) is 45.2 Å². The van der Waals surface area contributed by atoms with Crippen molar-refractivity contribution in [1.29, 1.82) is 0 Å². The summed E-state index contributed by atoms with van der Waals surface area (Å²) in [5, 5.41) is 12.3. The lowest BCUT2D eigenvalue weighted by atomic mass is 9.89. The first kappa shape index (κ1) is 16.4. The highest BCUT2D eigenvalue weighted by Crippen LogP contribution is 2.30. The van der Waals surface area contributed by atoms with E-state index in [1.54, 1.807) is 18.0 Å². The quantitative estimate of drug-likeness (QED) is 0.860. The van der Waals surface area contributed by atoms with Crippen LogP contribution >= 0.6 is 23.1 Å². The Labute approximate surface area is 143 Å². The standard InChI is InChI=1S/C16H19N3O2S2/c1-22-16-18-13(10-23-16)15(21)19-8-5-11(6-9-19)14(20)12-4-2-3-7-17-12/h2-4,7,10-11,14,20H,5-6,8-9H2,1H3/t14-/m1/s1. The minimum absolute atomic E-state index is 0.00711. The topological polar surface area (TPSA) is 66.3 Å². The Hall–Kier alpha value is -1.44. The Morgan fingerprint density at radius 2 is 2.22 bits per heavy atom. The van der Waals surface area contributed by atoms with Crippen molar-refractivity contribution in [2.45, 2.75) is 23.3 Å². The summed E-state index contributed by atoms with van der Waals surface area (Å²) in [7, 11) is 0. The van der Waals surface area contributed by atoms with Crippen molar-refractivity contribution in [1.82, 2.24) is 14.9 Å². The molecule has 1 atom stereocenters. The van der Waals surface area contributed by atoms with E-state index in [2.05, 4.69) is 9.97 Å². The Morgan fingerprint density at radius 1 is 1.43 bits per heavy atom. The Bertz CT molecular complexity index is 654. The van der Waals surface area contributed by atoms with Gasteiger partial charge in [-0.05, 0) is 37.1 Å². The van der Waals surface area contributed by atoms with Crippen molar-refractivity contribution in [2.75, 3.05) is 19.3 Å². The number of hydrogen-bond acceptors (Lipinski definition) is 6. The number of likely N-dealkylation sites (tertiary alicyclic amines) is 1. The number of pyridine rings is 1. The zero-order chi connectivity index (χ0) is 16.2. The van der Waals surface area contributed by atoms with E-state index in [0.29, 0.717) is 24.5 Å². The molecule has 1 N–H and O–H groups in total. The normalized spacial score (nSPS) is 17.2. The molecule has 0 unspecified atom stereocenters. The minimum atomic E-state index is -0.559. The lowest BCUT2D eigenvalue weighted by Crippen LogP contribution is -2.40. The molecule has 1 fully saturated rings. The maximum absolute atomic E-state index is 12.5. The van der Waals surface area contributed by atoms with Gasteiger partial charge in [-0.15, -0.1) is 11.3 Å². The number of carbonyl (C=O) groups is 1. The number of rotatable bonds is 4. The van der Waals surface area contributed by atoms with Crippen LogP contribution in [-0.2, 0) is 0 Å². The summed E-state index contributed by atoms with van der Waals surface area (Å²) in [5.41, 5.74) is 1.24. The highest BCUT2D eigenvalue weighted by Gasteiger charge is 2.29. The van der Waals surface area contributed by atoms with Crippen molar-refractivity contribution >= 4 is 29.0 Å². The minimum Gasteiger partial charge on any atom is -0.387 e. The van der Waals surface area contributed by atoms with Gasteiger partial charge in [-0.1, -0.05) is 17.8 Å². The van der Waals surface area contributed by atoms with Gasteiger partial charge >= 0.3 is 0 Å². The third-order valence-corrected chi connectivity index (χ3v) is 6.00. The number of nitrogens with zero attached hydrogens (tertiary/aromatic N) is 3. The van der Waals surface area contributed by atoms with Crippen LogP contribution in [0.3, 0.4) is 0 Å². The zero-order valence-electron chi connectivity index (χ0n) is 12.9. The average molecular weight is 349 g/mol. The largest absolute Gasteiger partial charge is 0.387 e. The number of thiazole rings is 1. The van der Waals surface area contributed by atoms with Crippen molar-refractivity contribution < 1.29 is 9.90 Å². The molecule has 0 aromatic carbocycles. The second kappa shape index (κ2) is 7.42. The van der Waals surface area contributed by atoms with E-state index in [1.165, 1.54) is 11.3 Å². The first-order valence-electron chi connectivity index (χ1n) is 7.57. The lowest BCUT2D eigenvalue weighted by molar-refractivity contribution is 0.0444. The highest BCUT2D eigenvalue weighted by atomic mass is 32.2. The molecule has 1 aliphatic rings. The molecule has 2 aromatic heterocycles. The van der Waals surface area contributed by atoms with E-state index in [-0.39, 0.29) is 11.8 Å². The summed E-state index contributed by atoms with van der Waals surface area (Å²) >= 11 is 3.05. The van der Waals surface area contributed by atoms with Crippen molar-refractivity contribution in [3.05, 3.63) is 41.2 Å². The van der Waals surface area contributed by atoms with Gasteiger partial charge in [-0.2, -0.15) is 0 Å². The molecule has 1 saturated heterocycles. The van der Waals surface area contributed by atoms with E-state index in [4.69, 9.17) is 0 Å². The third kappa shape index (κ3) is 3.73. The van der Waals surface area contributed by atoms with Crippen LogP contribution in [0.25, 0.3) is 0 Å². The molecule has 0 saturated carbocycles. The fourth-order valence-corrected chi connectivity index (χ4v) is 4.06. The number of hydrogen-bond donors (Lipinski definition) is 1. The number of amides is 1. The molecule has 5 nitrogen and oxygen atoms in total. The number of thioether (sulfide) groups is 1. The molecule has 7 heteroatoms. The van der Waals surface area contributed by atoms with Crippen molar-refractivity contribution in [3.63, 3.8) is 0 Å². The summed E-state index contributed by atoms with van der Waals surface area (Å²) < 4.78 is 0.911. The van der Waals surface area contributed by atoms with Gasteiger partial charge in [-0.3, -0.25) is 9.78 Å². The van der Waals surface area contributed by atoms with Gasteiger partial charge in [0.25, 0.3) is 5.91 Å². The molecule has 3 rings (SSSR count). The van der Waals surface area contributed by atoms with Crippen molar-refractivity contribution in [2.24, 2.45) is 5.92 Å². The van der Waals surface area contributed by atoms with E-state index < -0.39 is 6.10 Å². The Balaban J connectivity index is 1.59. The van der Waals surface area contributed by atoms with Gasteiger partial charge in [0.1, 0.15) is 10.0 Å². The predicted molar refractivity (Wildman–Crippen MR) is 91.7 cm³/mol. The highest BCUT2D eigenvalue weighted by molar-refractivity contribution is 8.00. The van der Waals surface area contributed by atoms with Crippen LogP contribution in [0.15, 0.2) is 34.1 Å². The molecule has 3 heterocycles. The Morgan fingerprint density at radius 3 is 2.83 bits per heavy atom. The first-order chi connectivity index (χ1) is 11.2. The number of aromatic nitrogens is 2. The van der Waals surface area contributed by atoms with Crippen LogP contribution in [0, 0.1) is 5.92 Å². The molecule has 0 radical (unpaired) electrons. The van der Waals surface area contributed by atoms with Gasteiger partial charge in [0.2, 0.25) is 0 Å². The van der Waals surface area contributed by atoms with Crippen LogP contribution in [0.5, 0.6) is 0 Å². The molecule has 0 aliphatic carbocycles. The van der Waals surface area contributed by atoms with Crippen LogP contribution < -0.4 is 0 Å². The molecular formula is C16H19N3O2S2. The van der Waals surface area contributed by atoms with Gasteiger partial charge in [-0.25, -0.2) is 4.98 Å². The fraction of sp³-hybridized carbons (Fsp3) is 0.438. The maximum atomic E-state index is 12.5. The zero-order valence-corrected chi connectivity index (χ0v) is 14.5. The molecule has 2 aromatic rings. The van der Waals surface area contributed by atoms with Gasteiger partial charge < -0.3 is 10.0 Å². The SMILES string of the molecule is CSc1nc(C(=O)N2CCC([C@@H](O)c3ccccn3)CC2)cs1. The Kier molecular flexibility index (Phi) is 5.30. The van der Waals surface area contributed by atoms with E-state index in [1.807, 2.05) is 34.7 Å².